The van der Waals surface area contributed by atoms with Crippen LogP contribution in [0.2, 0.25) is 0 Å². The van der Waals surface area contributed by atoms with Crippen molar-refractivity contribution >= 4 is 5.69 Å². The minimum atomic E-state index is 0.475. The lowest BCUT2D eigenvalue weighted by Crippen LogP contribution is -2.05. The zero-order chi connectivity index (χ0) is 12.1. The Bertz CT molecular complexity index is 481. The maximum atomic E-state index is 5.84. The molecule has 0 saturated carbocycles. The Morgan fingerprint density at radius 3 is 2.88 bits per heavy atom. The average molecular weight is 232 g/mol. The van der Waals surface area contributed by atoms with Crippen LogP contribution in [0.4, 0.5) is 5.69 Å². The molecule has 2 rings (SSSR count). The van der Waals surface area contributed by atoms with Crippen molar-refractivity contribution in [3.63, 3.8) is 0 Å². The van der Waals surface area contributed by atoms with Crippen LogP contribution >= 0.6 is 0 Å². The molecule has 2 aromatic rings. The van der Waals surface area contributed by atoms with E-state index in [0.717, 1.165) is 23.5 Å². The molecule has 0 saturated heterocycles. The van der Waals surface area contributed by atoms with E-state index in [2.05, 4.69) is 10.1 Å². The van der Waals surface area contributed by atoms with Gasteiger partial charge in [0, 0.05) is 12.7 Å². The molecule has 0 unspecified atom stereocenters. The lowest BCUT2D eigenvalue weighted by atomic mass is 10.1. The quantitative estimate of drug-likeness (QED) is 0.620. The third kappa shape index (κ3) is 3.04. The van der Waals surface area contributed by atoms with Crippen molar-refractivity contribution in [1.29, 1.82) is 0 Å². The van der Waals surface area contributed by atoms with Gasteiger partial charge in [-0.15, -0.1) is 0 Å². The molecule has 17 heavy (non-hydrogen) atoms. The zero-order valence-corrected chi connectivity index (χ0v) is 9.84. The molecule has 1 heterocycles. The van der Waals surface area contributed by atoms with Gasteiger partial charge in [0.05, 0.1) is 6.61 Å². The zero-order valence-electron chi connectivity index (χ0n) is 9.84. The highest BCUT2D eigenvalue weighted by atomic mass is 16.5. The second-order valence-electron chi connectivity index (χ2n) is 3.80. The van der Waals surface area contributed by atoms with Crippen LogP contribution < -0.4 is 5.73 Å². The van der Waals surface area contributed by atoms with E-state index in [1.807, 2.05) is 31.3 Å². The van der Waals surface area contributed by atoms with Gasteiger partial charge in [0.2, 0.25) is 0 Å². The van der Waals surface area contributed by atoms with Gasteiger partial charge in [-0.1, -0.05) is 18.2 Å². The Morgan fingerprint density at radius 1 is 1.35 bits per heavy atom. The fourth-order valence-electron chi connectivity index (χ4n) is 1.56. The highest BCUT2D eigenvalue weighted by Crippen LogP contribution is 2.11. The Hall–Kier alpha value is -1.88. The van der Waals surface area contributed by atoms with Gasteiger partial charge in [-0.3, -0.25) is 4.68 Å². The fourth-order valence-corrected chi connectivity index (χ4v) is 1.56. The van der Waals surface area contributed by atoms with Crippen molar-refractivity contribution in [3.8, 4) is 0 Å². The lowest BCUT2D eigenvalue weighted by molar-refractivity contribution is 0.116. The number of hydrogen-bond acceptors (Lipinski definition) is 4. The molecule has 1 aromatic carbocycles. The van der Waals surface area contributed by atoms with Gasteiger partial charge in [0.25, 0.3) is 0 Å². The highest BCUT2D eigenvalue weighted by molar-refractivity contribution is 5.46. The largest absolute Gasteiger partial charge is 0.399 e. The Morgan fingerprint density at radius 2 is 2.18 bits per heavy atom. The molecular formula is C12H16N4O. The van der Waals surface area contributed by atoms with E-state index in [4.69, 9.17) is 10.5 Å². The molecule has 0 aliphatic heterocycles. The monoisotopic (exact) mass is 232 g/mol. The van der Waals surface area contributed by atoms with Gasteiger partial charge < -0.3 is 10.5 Å². The van der Waals surface area contributed by atoms with Crippen LogP contribution in [-0.2, 0) is 24.8 Å². The molecule has 0 spiro atoms. The number of ether oxygens (including phenoxy) is 1. The third-order valence-corrected chi connectivity index (χ3v) is 2.61. The summed E-state index contributed by atoms with van der Waals surface area (Å²) in [7, 11) is 1.85. The normalized spacial score (nSPS) is 10.6. The van der Waals surface area contributed by atoms with E-state index in [0.29, 0.717) is 13.2 Å². The molecule has 2 N–H and O–H groups in total. The van der Waals surface area contributed by atoms with Gasteiger partial charge >= 0.3 is 0 Å². The standard InChI is InChI=1S/C12H16N4O/c1-16-12(14-9-15-16)8-17-7-6-10-4-2-3-5-11(10)13/h2-5,9H,6-8,13H2,1H3. The van der Waals surface area contributed by atoms with E-state index in [1.54, 1.807) is 4.68 Å². The van der Waals surface area contributed by atoms with E-state index < -0.39 is 0 Å². The number of anilines is 1. The van der Waals surface area contributed by atoms with Crippen LogP contribution in [0.1, 0.15) is 11.4 Å². The molecular weight excluding hydrogens is 216 g/mol. The first-order valence-electron chi connectivity index (χ1n) is 5.51. The van der Waals surface area contributed by atoms with E-state index in [-0.39, 0.29) is 0 Å². The maximum absolute atomic E-state index is 5.84. The number of aromatic nitrogens is 3. The van der Waals surface area contributed by atoms with Crippen LogP contribution in [0, 0.1) is 0 Å². The molecule has 5 heteroatoms. The summed E-state index contributed by atoms with van der Waals surface area (Å²) in [5.74, 6) is 0.825. The first-order chi connectivity index (χ1) is 8.27. The van der Waals surface area contributed by atoms with Crippen molar-refractivity contribution in [2.24, 2.45) is 7.05 Å². The van der Waals surface area contributed by atoms with Crippen molar-refractivity contribution in [3.05, 3.63) is 42.0 Å². The number of hydrogen-bond donors (Lipinski definition) is 1. The summed E-state index contributed by atoms with van der Waals surface area (Å²) in [6.07, 6.45) is 2.33. The molecule has 0 bridgehead atoms. The van der Waals surface area contributed by atoms with Crippen LogP contribution in [0.25, 0.3) is 0 Å². The Balaban J connectivity index is 1.77. The van der Waals surface area contributed by atoms with Gasteiger partial charge in [0.1, 0.15) is 12.9 Å². The number of benzene rings is 1. The van der Waals surface area contributed by atoms with E-state index in [9.17, 15) is 0 Å². The molecule has 0 aliphatic carbocycles. The molecule has 5 nitrogen and oxygen atoms in total. The molecule has 0 amide bonds. The summed E-state index contributed by atoms with van der Waals surface area (Å²) in [6, 6.07) is 7.83. The van der Waals surface area contributed by atoms with Gasteiger partial charge in [-0.05, 0) is 18.1 Å². The SMILES string of the molecule is Cn1ncnc1COCCc1ccccc1N. The van der Waals surface area contributed by atoms with Crippen LogP contribution in [0.5, 0.6) is 0 Å². The van der Waals surface area contributed by atoms with Crippen LogP contribution in [0.15, 0.2) is 30.6 Å². The summed E-state index contributed by atoms with van der Waals surface area (Å²) in [6.45, 7) is 1.10. The third-order valence-electron chi connectivity index (χ3n) is 2.61. The Kier molecular flexibility index (Phi) is 3.72. The van der Waals surface area contributed by atoms with E-state index in [1.165, 1.54) is 6.33 Å². The number of nitrogens with zero attached hydrogens (tertiary/aromatic N) is 3. The summed E-state index contributed by atoms with van der Waals surface area (Å²) >= 11 is 0. The molecule has 1 aromatic heterocycles. The minimum absolute atomic E-state index is 0.475. The number of aryl methyl sites for hydroxylation is 1. The molecule has 90 valence electrons. The number of nitrogens with two attached hydrogens (primary N) is 1. The van der Waals surface area contributed by atoms with Crippen molar-refractivity contribution in [2.75, 3.05) is 12.3 Å². The number of rotatable bonds is 5. The number of nitrogen functional groups attached to an aromatic ring is 1. The minimum Gasteiger partial charge on any atom is -0.399 e. The summed E-state index contributed by atoms with van der Waals surface area (Å²) in [5, 5.41) is 3.97. The maximum Gasteiger partial charge on any atom is 0.152 e. The molecule has 0 aliphatic rings. The topological polar surface area (TPSA) is 66.0 Å². The lowest BCUT2D eigenvalue weighted by Gasteiger charge is -2.06. The van der Waals surface area contributed by atoms with Gasteiger partial charge in [-0.25, -0.2) is 4.98 Å². The second-order valence-corrected chi connectivity index (χ2v) is 3.80. The summed E-state index contributed by atoms with van der Waals surface area (Å²) in [5.41, 5.74) is 7.77. The molecule has 0 fully saturated rings. The second kappa shape index (κ2) is 5.45. The first-order valence-corrected chi connectivity index (χ1v) is 5.51. The summed E-state index contributed by atoms with van der Waals surface area (Å²) < 4.78 is 7.24. The summed E-state index contributed by atoms with van der Waals surface area (Å²) in [4.78, 5) is 4.08. The highest BCUT2D eigenvalue weighted by Gasteiger charge is 2.01. The number of para-hydroxylation sites is 1. The average Bonchev–Trinajstić information content (AvgIpc) is 2.73. The van der Waals surface area contributed by atoms with Gasteiger partial charge in [0.15, 0.2) is 5.82 Å². The van der Waals surface area contributed by atoms with E-state index >= 15 is 0 Å². The first kappa shape index (κ1) is 11.6. The van der Waals surface area contributed by atoms with Crippen molar-refractivity contribution in [1.82, 2.24) is 14.8 Å². The van der Waals surface area contributed by atoms with Crippen LogP contribution in [-0.4, -0.2) is 21.4 Å². The predicted molar refractivity (Wildman–Crippen MR) is 65.2 cm³/mol. The van der Waals surface area contributed by atoms with Crippen LogP contribution in [0.3, 0.4) is 0 Å². The molecule has 0 atom stereocenters. The smallest absolute Gasteiger partial charge is 0.152 e. The predicted octanol–water partition coefficient (Wildman–Crippen LogP) is 1.16. The van der Waals surface area contributed by atoms with Crippen molar-refractivity contribution in [2.45, 2.75) is 13.0 Å². The van der Waals surface area contributed by atoms with Gasteiger partial charge in [-0.2, -0.15) is 5.10 Å². The fraction of sp³-hybridized carbons (Fsp3) is 0.333. The Labute approximate surface area is 100 Å². The van der Waals surface area contributed by atoms with Crippen molar-refractivity contribution < 1.29 is 4.74 Å². The molecule has 0 radical (unpaired) electrons.